The third-order valence-electron chi connectivity index (χ3n) is 2.68. The van der Waals surface area contributed by atoms with Gasteiger partial charge >= 0.3 is 0 Å². The predicted molar refractivity (Wildman–Crippen MR) is 90.5 cm³/mol. The first-order valence-corrected chi connectivity index (χ1v) is 9.38. The molecule has 1 amide bonds. The van der Waals surface area contributed by atoms with Crippen LogP contribution in [0, 0.1) is 0 Å². The Morgan fingerprint density at radius 2 is 2.14 bits per heavy atom. The van der Waals surface area contributed by atoms with Crippen LogP contribution in [0.25, 0.3) is 0 Å². The molecule has 0 aliphatic carbocycles. The van der Waals surface area contributed by atoms with Crippen LogP contribution in [0.15, 0.2) is 22.5 Å². The van der Waals surface area contributed by atoms with Gasteiger partial charge in [-0.15, -0.1) is 10.2 Å². The number of hydrogen-bond donors (Lipinski definition) is 1. The average molecular weight is 378 g/mol. The summed E-state index contributed by atoms with van der Waals surface area (Å²) >= 11 is 12.9. The van der Waals surface area contributed by atoms with E-state index in [2.05, 4.69) is 15.5 Å². The fraction of sp³-hybridized carbons (Fsp3) is 0.308. The van der Waals surface area contributed by atoms with E-state index in [0.29, 0.717) is 15.1 Å². The number of rotatable bonds is 6. The topological polar surface area (TPSA) is 72.0 Å². The molecule has 0 saturated carbocycles. The first-order valence-electron chi connectivity index (χ1n) is 6.49. The zero-order valence-electron chi connectivity index (χ0n) is 11.6. The Hall–Kier alpha value is -1.02. The van der Waals surface area contributed by atoms with Gasteiger partial charge in [0.25, 0.3) is 5.91 Å². The summed E-state index contributed by atoms with van der Waals surface area (Å²) in [5.41, 5.74) is 0.287. The second-order valence-corrected chi connectivity index (χ2v) is 7.92. The lowest BCUT2D eigenvalue weighted by Gasteiger charge is -2.03. The number of carbonyl (C=O) groups is 1. The van der Waals surface area contributed by atoms with E-state index in [1.165, 1.54) is 12.1 Å². The number of unbranched alkanes of at least 4 members (excludes halogenated alkanes) is 1. The molecule has 0 radical (unpaired) electrons. The third kappa shape index (κ3) is 4.49. The summed E-state index contributed by atoms with van der Waals surface area (Å²) in [6, 6.07) is 4.60. The molecule has 0 aliphatic rings. The summed E-state index contributed by atoms with van der Waals surface area (Å²) < 4.78 is 12.3. The fourth-order valence-corrected chi connectivity index (χ4v) is 4.24. The molecular weight excluding hydrogens is 365 g/mol. The van der Waals surface area contributed by atoms with E-state index in [1.807, 2.05) is 6.92 Å². The summed E-state index contributed by atoms with van der Waals surface area (Å²) in [6.07, 6.45) is 1.82. The number of nitrogens with one attached hydrogen (secondary N) is 1. The molecule has 5 nitrogen and oxygen atoms in total. The molecule has 0 spiro atoms. The summed E-state index contributed by atoms with van der Waals surface area (Å²) in [6.45, 7) is 2.03. The minimum atomic E-state index is -1.18. The minimum Gasteiger partial charge on any atom is -0.296 e. The van der Waals surface area contributed by atoms with Crippen molar-refractivity contribution in [2.24, 2.45) is 0 Å². The summed E-state index contributed by atoms with van der Waals surface area (Å²) in [7, 11) is -1.18. The molecule has 1 heterocycles. The zero-order valence-corrected chi connectivity index (χ0v) is 14.8. The Morgan fingerprint density at radius 3 is 2.82 bits per heavy atom. The van der Waals surface area contributed by atoms with Crippen molar-refractivity contribution in [1.29, 1.82) is 0 Å². The van der Waals surface area contributed by atoms with Crippen LogP contribution in [0.5, 0.6) is 0 Å². The van der Waals surface area contributed by atoms with E-state index >= 15 is 0 Å². The standard InChI is InChI=1S/C13H13Cl2N3O2S2/c1-2-3-6-22(20)13-18-17-12(21-13)16-11(19)9-5-4-8(14)7-10(9)15/h4-5,7H,2-3,6H2,1H3,(H,16,17,19)/t22-/m1/s1. The van der Waals surface area contributed by atoms with Crippen molar-refractivity contribution < 1.29 is 9.00 Å². The van der Waals surface area contributed by atoms with E-state index in [0.717, 1.165) is 24.2 Å². The molecule has 1 aromatic carbocycles. The second kappa shape index (κ2) is 8.01. The van der Waals surface area contributed by atoms with Crippen LogP contribution in [0.3, 0.4) is 0 Å². The first-order chi connectivity index (χ1) is 10.5. The highest BCUT2D eigenvalue weighted by Gasteiger charge is 2.15. The van der Waals surface area contributed by atoms with Gasteiger partial charge in [0.2, 0.25) is 9.47 Å². The van der Waals surface area contributed by atoms with Gasteiger partial charge in [-0.05, 0) is 24.6 Å². The molecule has 1 aromatic heterocycles. The number of benzene rings is 1. The van der Waals surface area contributed by atoms with Crippen LogP contribution in [0.4, 0.5) is 5.13 Å². The fourth-order valence-electron chi connectivity index (χ4n) is 1.55. The zero-order chi connectivity index (χ0) is 16.1. The van der Waals surface area contributed by atoms with Crippen LogP contribution in [-0.4, -0.2) is 26.1 Å². The maximum atomic E-state index is 12.1. The lowest BCUT2D eigenvalue weighted by Crippen LogP contribution is -2.12. The predicted octanol–water partition coefficient (Wildman–Crippen LogP) is 4.00. The van der Waals surface area contributed by atoms with E-state index in [4.69, 9.17) is 23.2 Å². The largest absolute Gasteiger partial charge is 0.296 e. The Balaban J connectivity index is 2.06. The van der Waals surface area contributed by atoms with E-state index in [1.54, 1.807) is 6.07 Å². The molecule has 0 saturated heterocycles. The molecule has 9 heteroatoms. The minimum absolute atomic E-state index is 0.251. The van der Waals surface area contributed by atoms with Gasteiger partial charge < -0.3 is 0 Å². The smallest absolute Gasteiger partial charge is 0.259 e. The number of carbonyl (C=O) groups excluding carboxylic acids is 1. The summed E-state index contributed by atoms with van der Waals surface area (Å²) in [4.78, 5) is 12.1. The van der Waals surface area contributed by atoms with Crippen LogP contribution < -0.4 is 5.32 Å². The van der Waals surface area contributed by atoms with Gasteiger partial charge in [0.15, 0.2) is 0 Å². The van der Waals surface area contributed by atoms with Crippen LogP contribution in [0.2, 0.25) is 10.0 Å². The van der Waals surface area contributed by atoms with Crippen molar-refractivity contribution in [1.82, 2.24) is 10.2 Å². The number of amides is 1. The normalized spacial score (nSPS) is 12.1. The Kier molecular flexibility index (Phi) is 6.31. The lowest BCUT2D eigenvalue weighted by molar-refractivity contribution is 0.102. The second-order valence-electron chi connectivity index (χ2n) is 4.35. The molecule has 0 fully saturated rings. The van der Waals surface area contributed by atoms with Gasteiger partial charge in [-0.2, -0.15) is 0 Å². The monoisotopic (exact) mass is 377 g/mol. The number of anilines is 1. The van der Waals surface area contributed by atoms with Crippen LogP contribution in [-0.2, 0) is 10.8 Å². The Morgan fingerprint density at radius 1 is 1.36 bits per heavy atom. The van der Waals surface area contributed by atoms with Crippen LogP contribution in [0.1, 0.15) is 30.1 Å². The van der Waals surface area contributed by atoms with Gasteiger partial charge in [-0.25, -0.2) is 0 Å². The van der Waals surface area contributed by atoms with Gasteiger partial charge in [-0.1, -0.05) is 47.9 Å². The molecular formula is C13H13Cl2N3O2S2. The molecule has 1 atom stereocenters. The van der Waals surface area contributed by atoms with Crippen molar-refractivity contribution in [3.63, 3.8) is 0 Å². The molecule has 0 unspecified atom stereocenters. The lowest BCUT2D eigenvalue weighted by atomic mass is 10.2. The molecule has 22 heavy (non-hydrogen) atoms. The van der Waals surface area contributed by atoms with Gasteiger partial charge in [0.1, 0.15) is 0 Å². The molecule has 1 N–H and O–H groups in total. The Bertz CT molecular complexity index is 706. The van der Waals surface area contributed by atoms with Crippen molar-refractivity contribution in [2.45, 2.75) is 24.1 Å². The van der Waals surface area contributed by atoms with Crippen molar-refractivity contribution >= 4 is 56.4 Å². The highest BCUT2D eigenvalue weighted by molar-refractivity contribution is 7.87. The summed E-state index contributed by atoms with van der Waals surface area (Å²) in [5.74, 6) is 0.131. The SMILES string of the molecule is CCCC[S@@](=O)c1nnc(NC(=O)c2ccc(Cl)cc2Cl)s1. The highest BCUT2D eigenvalue weighted by Crippen LogP contribution is 2.24. The third-order valence-corrected chi connectivity index (χ3v) is 5.80. The van der Waals surface area contributed by atoms with Crippen LogP contribution >= 0.6 is 34.5 Å². The number of nitrogens with zero attached hydrogens (tertiary/aromatic N) is 2. The number of halogens is 2. The van der Waals surface area contributed by atoms with Crippen molar-refractivity contribution in [3.8, 4) is 0 Å². The Labute approximate surface area is 144 Å². The maximum absolute atomic E-state index is 12.1. The quantitative estimate of drug-likeness (QED) is 0.771. The highest BCUT2D eigenvalue weighted by atomic mass is 35.5. The average Bonchev–Trinajstić information content (AvgIpc) is 2.93. The first kappa shape index (κ1) is 17.3. The maximum Gasteiger partial charge on any atom is 0.259 e. The molecule has 0 aliphatic heterocycles. The molecule has 2 rings (SSSR count). The molecule has 0 bridgehead atoms. The van der Waals surface area contributed by atoms with Gasteiger partial charge in [0, 0.05) is 10.8 Å². The van der Waals surface area contributed by atoms with Gasteiger partial charge in [-0.3, -0.25) is 14.3 Å². The number of hydrogen-bond acceptors (Lipinski definition) is 5. The molecule has 118 valence electrons. The summed E-state index contributed by atoms with van der Waals surface area (Å²) in [5, 5.41) is 11.3. The van der Waals surface area contributed by atoms with E-state index in [9.17, 15) is 9.00 Å². The molecule has 2 aromatic rings. The van der Waals surface area contributed by atoms with Gasteiger partial charge in [0.05, 0.1) is 21.4 Å². The van der Waals surface area contributed by atoms with Crippen molar-refractivity contribution in [2.75, 3.05) is 11.1 Å². The van der Waals surface area contributed by atoms with E-state index in [-0.39, 0.29) is 15.7 Å². The van der Waals surface area contributed by atoms with Crippen molar-refractivity contribution in [3.05, 3.63) is 33.8 Å². The number of aromatic nitrogens is 2. The van der Waals surface area contributed by atoms with E-state index < -0.39 is 16.7 Å².